The molecule has 0 saturated carbocycles. The molecule has 0 fully saturated rings. The molecule has 0 aliphatic rings. The minimum absolute atomic E-state index is 0.0291. The van der Waals surface area contributed by atoms with Gasteiger partial charge < -0.3 is 16.0 Å². The van der Waals surface area contributed by atoms with Gasteiger partial charge in [-0.2, -0.15) is 18.2 Å². The Hall–Kier alpha value is -2.06. The van der Waals surface area contributed by atoms with Gasteiger partial charge in [0.2, 0.25) is 11.9 Å². The molecular formula is C11H16F3N5O. The zero-order valence-electron chi connectivity index (χ0n) is 11.2. The Morgan fingerprint density at radius 2 is 2.05 bits per heavy atom. The highest BCUT2D eigenvalue weighted by Crippen LogP contribution is 2.30. The summed E-state index contributed by atoms with van der Waals surface area (Å²) >= 11 is 0. The van der Waals surface area contributed by atoms with Gasteiger partial charge in [-0.1, -0.05) is 0 Å². The number of hydrogen-bond donors (Lipinski definition) is 2. The molecule has 0 bridgehead atoms. The maximum absolute atomic E-state index is 12.7. The van der Waals surface area contributed by atoms with Crippen LogP contribution >= 0.6 is 0 Å². The lowest BCUT2D eigenvalue weighted by Crippen LogP contribution is -2.37. The van der Waals surface area contributed by atoms with Gasteiger partial charge in [-0.25, -0.2) is 4.98 Å². The normalized spacial score (nSPS) is 11.2. The van der Waals surface area contributed by atoms with E-state index >= 15 is 0 Å². The average Bonchev–Trinajstić information content (AvgIpc) is 2.34. The van der Waals surface area contributed by atoms with E-state index in [1.165, 1.54) is 4.90 Å². The molecule has 0 radical (unpaired) electrons. The maximum Gasteiger partial charge on any atom is 0.433 e. The lowest BCUT2D eigenvalue weighted by atomic mass is 10.3. The van der Waals surface area contributed by atoms with Gasteiger partial charge in [-0.15, -0.1) is 0 Å². The Kier molecular flexibility index (Phi) is 5.12. The highest BCUT2D eigenvalue weighted by molar-refractivity contribution is 5.81. The van der Waals surface area contributed by atoms with E-state index in [1.807, 2.05) is 0 Å². The fraction of sp³-hybridized carbons (Fsp3) is 0.545. The van der Waals surface area contributed by atoms with Crippen molar-refractivity contribution in [2.24, 2.45) is 0 Å². The SMILES string of the molecule is CCNC(=O)CN(CC)c1cc(C(F)(F)F)nc(N)n1. The number of amides is 1. The van der Waals surface area contributed by atoms with Gasteiger partial charge in [-0.3, -0.25) is 4.79 Å². The van der Waals surface area contributed by atoms with Gasteiger partial charge >= 0.3 is 6.18 Å². The Bertz CT molecular complexity index is 478. The molecule has 1 rings (SSSR count). The second-order valence-corrected chi connectivity index (χ2v) is 3.94. The van der Waals surface area contributed by atoms with E-state index in [9.17, 15) is 18.0 Å². The minimum atomic E-state index is -4.61. The van der Waals surface area contributed by atoms with Crippen LogP contribution in [0.5, 0.6) is 0 Å². The molecule has 20 heavy (non-hydrogen) atoms. The van der Waals surface area contributed by atoms with E-state index in [-0.39, 0.29) is 18.3 Å². The molecule has 112 valence electrons. The van der Waals surface area contributed by atoms with Gasteiger partial charge in [0.05, 0.1) is 6.54 Å². The number of nitrogen functional groups attached to an aromatic ring is 1. The van der Waals surface area contributed by atoms with Crippen LogP contribution in [-0.4, -0.2) is 35.5 Å². The minimum Gasteiger partial charge on any atom is -0.368 e. The lowest BCUT2D eigenvalue weighted by Gasteiger charge is -2.22. The standard InChI is InChI=1S/C11H16F3N5O/c1-3-16-9(20)6-19(4-2)8-5-7(11(12,13)14)17-10(15)18-8/h5H,3-4,6H2,1-2H3,(H,16,20)(H2,15,17,18). The summed E-state index contributed by atoms with van der Waals surface area (Å²) in [4.78, 5) is 19.8. The van der Waals surface area contributed by atoms with Crippen molar-refractivity contribution in [1.29, 1.82) is 0 Å². The van der Waals surface area contributed by atoms with Gasteiger partial charge in [0.25, 0.3) is 0 Å². The monoisotopic (exact) mass is 291 g/mol. The first kappa shape index (κ1) is 16.0. The number of hydrogen-bond acceptors (Lipinski definition) is 5. The van der Waals surface area contributed by atoms with Gasteiger partial charge in [0, 0.05) is 19.2 Å². The van der Waals surface area contributed by atoms with Crippen molar-refractivity contribution >= 4 is 17.7 Å². The Labute approximate surface area is 114 Å². The highest BCUT2D eigenvalue weighted by Gasteiger charge is 2.34. The molecule has 0 spiro atoms. The number of aromatic nitrogens is 2. The second-order valence-electron chi connectivity index (χ2n) is 3.94. The van der Waals surface area contributed by atoms with Crippen LogP contribution in [0.4, 0.5) is 24.9 Å². The smallest absolute Gasteiger partial charge is 0.368 e. The largest absolute Gasteiger partial charge is 0.433 e. The number of carbonyl (C=O) groups is 1. The number of nitrogens with one attached hydrogen (secondary N) is 1. The third-order valence-corrected chi connectivity index (χ3v) is 2.43. The summed E-state index contributed by atoms with van der Waals surface area (Å²) in [5.74, 6) is -0.817. The molecule has 1 aromatic rings. The molecule has 0 atom stereocenters. The third kappa shape index (κ3) is 4.25. The van der Waals surface area contributed by atoms with E-state index in [2.05, 4.69) is 15.3 Å². The highest BCUT2D eigenvalue weighted by atomic mass is 19.4. The van der Waals surface area contributed by atoms with E-state index in [1.54, 1.807) is 13.8 Å². The molecule has 9 heteroatoms. The summed E-state index contributed by atoms with van der Waals surface area (Å²) in [6, 6.07) is 0.777. The molecule has 0 aromatic carbocycles. The van der Waals surface area contributed by atoms with Crippen molar-refractivity contribution in [2.45, 2.75) is 20.0 Å². The molecule has 1 heterocycles. The Balaban J connectivity index is 3.03. The van der Waals surface area contributed by atoms with Gasteiger partial charge in [-0.05, 0) is 13.8 Å². The zero-order valence-corrected chi connectivity index (χ0v) is 11.2. The van der Waals surface area contributed by atoms with E-state index in [0.29, 0.717) is 13.1 Å². The molecular weight excluding hydrogens is 275 g/mol. The van der Waals surface area contributed by atoms with Crippen molar-refractivity contribution < 1.29 is 18.0 Å². The summed E-state index contributed by atoms with van der Waals surface area (Å²) in [5.41, 5.74) is 4.16. The average molecular weight is 291 g/mol. The third-order valence-electron chi connectivity index (χ3n) is 2.43. The zero-order chi connectivity index (χ0) is 15.3. The summed E-state index contributed by atoms with van der Waals surface area (Å²) in [6.07, 6.45) is -4.61. The number of anilines is 2. The molecule has 1 aromatic heterocycles. The van der Waals surface area contributed by atoms with Crippen LogP contribution < -0.4 is 16.0 Å². The van der Waals surface area contributed by atoms with Crippen LogP contribution in [0, 0.1) is 0 Å². The molecule has 0 aliphatic heterocycles. The summed E-state index contributed by atoms with van der Waals surface area (Å²) in [5, 5.41) is 2.56. The number of halogens is 3. The van der Waals surface area contributed by atoms with Gasteiger partial charge in [0.15, 0.2) is 5.69 Å². The second kappa shape index (κ2) is 6.40. The fourth-order valence-electron chi connectivity index (χ4n) is 1.54. The van der Waals surface area contributed by atoms with Crippen molar-refractivity contribution in [3.05, 3.63) is 11.8 Å². The summed E-state index contributed by atoms with van der Waals surface area (Å²) in [6.45, 7) is 4.10. The molecule has 0 unspecified atom stereocenters. The van der Waals surface area contributed by atoms with Crippen LogP contribution in [0.1, 0.15) is 19.5 Å². The van der Waals surface area contributed by atoms with Crippen LogP contribution in [0.3, 0.4) is 0 Å². The van der Waals surface area contributed by atoms with Crippen molar-refractivity contribution in [1.82, 2.24) is 15.3 Å². The summed E-state index contributed by atoms with van der Waals surface area (Å²) < 4.78 is 38.0. The van der Waals surface area contributed by atoms with Crippen LogP contribution in [0.15, 0.2) is 6.07 Å². The van der Waals surface area contributed by atoms with Gasteiger partial charge in [0.1, 0.15) is 5.82 Å². The van der Waals surface area contributed by atoms with Crippen LogP contribution in [0.25, 0.3) is 0 Å². The molecule has 6 nitrogen and oxygen atoms in total. The number of carbonyl (C=O) groups excluding carboxylic acids is 1. The Morgan fingerprint density at radius 3 is 2.55 bits per heavy atom. The number of rotatable bonds is 5. The molecule has 3 N–H and O–H groups in total. The molecule has 1 amide bonds. The predicted molar refractivity (Wildman–Crippen MR) is 68.0 cm³/mol. The number of nitrogens with two attached hydrogens (primary N) is 1. The van der Waals surface area contributed by atoms with Crippen molar-refractivity contribution in [3.8, 4) is 0 Å². The maximum atomic E-state index is 12.7. The number of alkyl halides is 3. The first-order valence-corrected chi connectivity index (χ1v) is 6.01. The number of likely N-dealkylation sites (N-methyl/N-ethyl adjacent to an activating group) is 2. The van der Waals surface area contributed by atoms with Crippen LogP contribution in [0.2, 0.25) is 0 Å². The van der Waals surface area contributed by atoms with E-state index in [4.69, 9.17) is 5.73 Å². The fourth-order valence-corrected chi connectivity index (χ4v) is 1.54. The molecule has 0 saturated heterocycles. The lowest BCUT2D eigenvalue weighted by molar-refractivity contribution is -0.141. The first-order valence-electron chi connectivity index (χ1n) is 6.01. The topological polar surface area (TPSA) is 84.1 Å². The van der Waals surface area contributed by atoms with E-state index in [0.717, 1.165) is 6.07 Å². The predicted octanol–water partition coefficient (Wildman–Crippen LogP) is 1.04. The quantitative estimate of drug-likeness (QED) is 0.847. The molecule has 0 aliphatic carbocycles. The Morgan fingerprint density at radius 1 is 1.40 bits per heavy atom. The summed E-state index contributed by atoms with van der Waals surface area (Å²) in [7, 11) is 0. The van der Waals surface area contributed by atoms with Crippen molar-refractivity contribution in [2.75, 3.05) is 30.3 Å². The van der Waals surface area contributed by atoms with Crippen molar-refractivity contribution in [3.63, 3.8) is 0 Å². The first-order chi connectivity index (χ1) is 9.27. The van der Waals surface area contributed by atoms with E-state index < -0.39 is 17.8 Å². The number of nitrogens with zero attached hydrogens (tertiary/aromatic N) is 3. The van der Waals surface area contributed by atoms with Crippen LogP contribution in [-0.2, 0) is 11.0 Å².